The molecule has 24 heavy (non-hydrogen) atoms. The van der Waals surface area contributed by atoms with Gasteiger partial charge in [0.1, 0.15) is 17.1 Å². The summed E-state index contributed by atoms with van der Waals surface area (Å²) in [5, 5.41) is 11.8. The Kier molecular flexibility index (Phi) is 3.32. The topological polar surface area (TPSA) is 32.7 Å². The molecule has 0 aliphatic carbocycles. The lowest BCUT2D eigenvalue weighted by atomic mass is 9.78. The Morgan fingerprint density at radius 1 is 0.750 bits per heavy atom. The zero-order valence-electron chi connectivity index (χ0n) is 13.7. The minimum absolute atomic E-state index is 0.690. The summed E-state index contributed by atoms with van der Waals surface area (Å²) in [6, 6.07) is 23.3. The number of hydrogen-bond donors (Lipinski definition) is 1. The molecule has 0 fully saturated rings. The quantitative estimate of drug-likeness (QED) is 0.771. The predicted molar refractivity (Wildman–Crippen MR) is 95.8 cm³/mol. The molecule has 0 atom stereocenters. The maximum absolute atomic E-state index is 11.8. The molecule has 0 amide bonds. The van der Waals surface area contributed by atoms with E-state index in [0.29, 0.717) is 11.5 Å². The molecule has 1 heterocycles. The van der Waals surface area contributed by atoms with Crippen molar-refractivity contribution in [2.24, 2.45) is 0 Å². The second-order valence-electron chi connectivity index (χ2n) is 6.25. The fourth-order valence-corrected chi connectivity index (χ4v) is 3.28. The lowest BCUT2D eigenvalue weighted by molar-refractivity contribution is 0.112. The molecule has 3 aromatic rings. The number of para-hydroxylation sites is 2. The third-order valence-electron chi connectivity index (χ3n) is 4.58. The van der Waals surface area contributed by atoms with Crippen LogP contribution in [0.5, 0.6) is 11.5 Å². The summed E-state index contributed by atoms with van der Waals surface area (Å²) in [6.07, 6.45) is 0. The van der Waals surface area contributed by atoms with Crippen LogP contribution < -0.4 is 9.64 Å². The van der Waals surface area contributed by atoms with E-state index < -0.39 is 5.60 Å². The number of nitrogens with zero attached hydrogens (tertiary/aromatic N) is 1. The van der Waals surface area contributed by atoms with Gasteiger partial charge in [-0.25, -0.2) is 0 Å². The van der Waals surface area contributed by atoms with Crippen LogP contribution in [0.15, 0.2) is 72.8 Å². The van der Waals surface area contributed by atoms with E-state index in [2.05, 4.69) is 0 Å². The van der Waals surface area contributed by atoms with Crippen molar-refractivity contribution in [2.75, 3.05) is 19.0 Å². The summed E-state index contributed by atoms with van der Waals surface area (Å²) in [5.41, 5.74) is 2.23. The average molecular weight is 317 g/mol. The maximum Gasteiger partial charge on any atom is 0.147 e. The van der Waals surface area contributed by atoms with E-state index in [1.807, 2.05) is 91.8 Å². The van der Waals surface area contributed by atoms with Crippen LogP contribution in [0.3, 0.4) is 0 Å². The fourth-order valence-electron chi connectivity index (χ4n) is 3.28. The Morgan fingerprint density at radius 3 is 1.75 bits per heavy atom. The van der Waals surface area contributed by atoms with Crippen LogP contribution in [-0.4, -0.2) is 19.2 Å². The average Bonchev–Trinajstić information content (AvgIpc) is 2.62. The van der Waals surface area contributed by atoms with Gasteiger partial charge in [-0.2, -0.15) is 0 Å². The normalized spacial score (nSPS) is 14.3. The van der Waals surface area contributed by atoms with Gasteiger partial charge in [-0.3, -0.25) is 0 Å². The first kappa shape index (κ1) is 14.8. The number of fused-ring (bicyclic) bond motifs is 2. The molecule has 1 aliphatic heterocycles. The summed E-state index contributed by atoms with van der Waals surface area (Å²) in [7, 11) is 4.01. The molecule has 1 N–H and O–H groups in total. The summed E-state index contributed by atoms with van der Waals surface area (Å²) < 4.78 is 5.99. The van der Waals surface area contributed by atoms with Crippen molar-refractivity contribution in [1.82, 2.24) is 0 Å². The van der Waals surface area contributed by atoms with Crippen LogP contribution >= 0.6 is 0 Å². The lowest BCUT2D eigenvalue weighted by Gasteiger charge is -2.36. The monoisotopic (exact) mass is 317 g/mol. The van der Waals surface area contributed by atoms with Crippen molar-refractivity contribution in [3.05, 3.63) is 89.5 Å². The SMILES string of the molecule is CN(C)c1ccc(C2(O)c3ccccc3Oc3ccccc32)cc1. The maximum atomic E-state index is 11.8. The van der Waals surface area contributed by atoms with Gasteiger partial charge >= 0.3 is 0 Å². The molecular formula is C21H19NO2. The highest BCUT2D eigenvalue weighted by atomic mass is 16.5. The zero-order chi connectivity index (χ0) is 16.7. The molecular weight excluding hydrogens is 298 g/mol. The molecule has 0 unspecified atom stereocenters. The van der Waals surface area contributed by atoms with Crippen molar-refractivity contribution in [2.45, 2.75) is 5.60 Å². The molecule has 3 nitrogen and oxygen atoms in total. The van der Waals surface area contributed by atoms with E-state index in [0.717, 1.165) is 22.4 Å². The molecule has 3 aromatic carbocycles. The highest BCUT2D eigenvalue weighted by molar-refractivity contribution is 5.61. The van der Waals surface area contributed by atoms with Crippen LogP contribution in [0, 0.1) is 0 Å². The number of anilines is 1. The summed E-state index contributed by atoms with van der Waals surface area (Å²) in [4.78, 5) is 2.04. The first-order valence-corrected chi connectivity index (χ1v) is 7.98. The lowest BCUT2D eigenvalue weighted by Crippen LogP contribution is -2.32. The Morgan fingerprint density at radius 2 is 1.25 bits per heavy atom. The van der Waals surface area contributed by atoms with Crippen molar-refractivity contribution in [3.8, 4) is 11.5 Å². The van der Waals surface area contributed by atoms with Gasteiger partial charge < -0.3 is 14.7 Å². The van der Waals surface area contributed by atoms with E-state index >= 15 is 0 Å². The van der Waals surface area contributed by atoms with Crippen molar-refractivity contribution < 1.29 is 9.84 Å². The Bertz CT molecular complexity index is 839. The van der Waals surface area contributed by atoms with Gasteiger partial charge in [0, 0.05) is 30.9 Å². The van der Waals surface area contributed by atoms with Gasteiger partial charge in [0.2, 0.25) is 0 Å². The summed E-state index contributed by atoms with van der Waals surface area (Å²) in [5.74, 6) is 1.38. The van der Waals surface area contributed by atoms with Gasteiger partial charge in [-0.15, -0.1) is 0 Å². The van der Waals surface area contributed by atoms with Gasteiger partial charge in [0.25, 0.3) is 0 Å². The van der Waals surface area contributed by atoms with Gasteiger partial charge in [-0.05, 0) is 29.8 Å². The van der Waals surface area contributed by atoms with E-state index in [9.17, 15) is 5.11 Å². The first-order chi connectivity index (χ1) is 11.6. The highest BCUT2D eigenvalue weighted by Crippen LogP contribution is 2.49. The summed E-state index contributed by atoms with van der Waals surface area (Å²) >= 11 is 0. The first-order valence-electron chi connectivity index (χ1n) is 7.98. The van der Waals surface area contributed by atoms with Gasteiger partial charge in [-0.1, -0.05) is 48.5 Å². The van der Waals surface area contributed by atoms with Gasteiger partial charge in [0.05, 0.1) is 0 Å². The van der Waals surface area contributed by atoms with Gasteiger partial charge in [0.15, 0.2) is 0 Å². The molecule has 1 aliphatic rings. The third-order valence-corrected chi connectivity index (χ3v) is 4.58. The molecule has 4 rings (SSSR count). The van der Waals surface area contributed by atoms with Crippen molar-refractivity contribution in [1.29, 1.82) is 0 Å². The molecule has 3 heteroatoms. The molecule has 120 valence electrons. The molecule has 0 bridgehead atoms. The smallest absolute Gasteiger partial charge is 0.147 e. The van der Waals surface area contributed by atoms with E-state index in [-0.39, 0.29) is 0 Å². The molecule has 0 aromatic heterocycles. The second kappa shape index (κ2) is 5.39. The van der Waals surface area contributed by atoms with Crippen molar-refractivity contribution >= 4 is 5.69 Å². The van der Waals surface area contributed by atoms with Crippen LogP contribution in [-0.2, 0) is 5.60 Å². The highest BCUT2D eigenvalue weighted by Gasteiger charge is 2.41. The fraction of sp³-hybridized carbons (Fsp3) is 0.143. The molecule has 0 spiro atoms. The molecule has 0 radical (unpaired) electrons. The largest absolute Gasteiger partial charge is 0.457 e. The van der Waals surface area contributed by atoms with Crippen LogP contribution in [0.25, 0.3) is 0 Å². The third kappa shape index (κ3) is 2.09. The van der Waals surface area contributed by atoms with Crippen LogP contribution in [0.2, 0.25) is 0 Å². The Balaban J connectivity index is 1.95. The van der Waals surface area contributed by atoms with E-state index in [1.54, 1.807) is 0 Å². The summed E-state index contributed by atoms with van der Waals surface area (Å²) in [6.45, 7) is 0. The molecule has 0 saturated carbocycles. The van der Waals surface area contributed by atoms with Crippen LogP contribution in [0.1, 0.15) is 16.7 Å². The minimum Gasteiger partial charge on any atom is -0.457 e. The Labute approximate surface area is 141 Å². The number of rotatable bonds is 2. The zero-order valence-corrected chi connectivity index (χ0v) is 13.7. The second-order valence-corrected chi connectivity index (χ2v) is 6.25. The number of benzene rings is 3. The molecule has 0 saturated heterocycles. The predicted octanol–water partition coefficient (Wildman–Crippen LogP) is 4.14. The minimum atomic E-state index is -1.23. The number of hydrogen-bond acceptors (Lipinski definition) is 3. The van der Waals surface area contributed by atoms with E-state index in [4.69, 9.17) is 4.74 Å². The number of ether oxygens (including phenoxy) is 1. The van der Waals surface area contributed by atoms with Crippen molar-refractivity contribution in [3.63, 3.8) is 0 Å². The number of aliphatic hydroxyl groups is 1. The van der Waals surface area contributed by atoms with E-state index in [1.165, 1.54) is 0 Å². The standard InChI is InChI=1S/C21H19NO2/c1-22(2)16-13-11-15(12-14-16)21(23)17-7-3-5-9-19(17)24-20-10-6-4-8-18(20)21/h3-14,23H,1-2H3. The van der Waals surface area contributed by atoms with Crippen LogP contribution in [0.4, 0.5) is 5.69 Å². The Hall–Kier alpha value is -2.78.